The molecule has 3 nitrogen and oxygen atoms in total. The molecule has 0 spiro atoms. The van der Waals surface area contributed by atoms with Crippen LogP contribution in [0.5, 0.6) is 0 Å². The number of hydrogen-bond donors (Lipinski definition) is 1. The third-order valence-electron chi connectivity index (χ3n) is 2.99. The van der Waals surface area contributed by atoms with E-state index in [-0.39, 0.29) is 6.10 Å². The predicted octanol–water partition coefficient (Wildman–Crippen LogP) is 2.23. The quantitative estimate of drug-likeness (QED) is 0.731. The summed E-state index contributed by atoms with van der Waals surface area (Å²) in [7, 11) is 0. The second-order valence-corrected chi connectivity index (χ2v) is 4.68. The van der Waals surface area contributed by atoms with Crippen LogP contribution in [0, 0.1) is 11.3 Å². The Morgan fingerprint density at radius 3 is 2.67 bits per heavy atom. The van der Waals surface area contributed by atoms with Gasteiger partial charge in [0.25, 0.3) is 0 Å². The van der Waals surface area contributed by atoms with Gasteiger partial charge in [0.1, 0.15) is 5.54 Å². The van der Waals surface area contributed by atoms with Crippen molar-refractivity contribution in [3.63, 3.8) is 0 Å². The Labute approximate surface area is 92.8 Å². The van der Waals surface area contributed by atoms with Gasteiger partial charge in [0, 0.05) is 6.42 Å². The monoisotopic (exact) mass is 210 g/mol. The summed E-state index contributed by atoms with van der Waals surface area (Å²) in [6, 6.07) is 2.33. The van der Waals surface area contributed by atoms with Crippen LogP contribution in [-0.4, -0.2) is 24.3 Å². The van der Waals surface area contributed by atoms with Gasteiger partial charge in [0.15, 0.2) is 0 Å². The van der Waals surface area contributed by atoms with Crippen LogP contribution < -0.4 is 5.32 Å². The van der Waals surface area contributed by atoms with E-state index in [9.17, 15) is 0 Å². The summed E-state index contributed by atoms with van der Waals surface area (Å²) in [5.74, 6) is 0. The topological polar surface area (TPSA) is 45.0 Å². The van der Waals surface area contributed by atoms with E-state index in [1.54, 1.807) is 0 Å². The highest BCUT2D eigenvalue weighted by Crippen LogP contribution is 2.25. The largest absolute Gasteiger partial charge is 0.375 e. The molecule has 0 heterocycles. The zero-order valence-electron chi connectivity index (χ0n) is 10.0. The third kappa shape index (κ3) is 3.81. The standard InChI is InChI=1S/C12H22N2O/c1-4-14-12(3,9-13)8-10(2)15-11-6-5-7-11/h10-11,14H,4-8H2,1-3H3. The minimum Gasteiger partial charge on any atom is -0.375 e. The first-order valence-electron chi connectivity index (χ1n) is 5.91. The van der Waals surface area contributed by atoms with Crippen molar-refractivity contribution in [1.82, 2.24) is 5.32 Å². The van der Waals surface area contributed by atoms with E-state index in [4.69, 9.17) is 10.00 Å². The molecular weight excluding hydrogens is 188 g/mol. The van der Waals surface area contributed by atoms with E-state index < -0.39 is 5.54 Å². The van der Waals surface area contributed by atoms with Gasteiger partial charge in [-0.2, -0.15) is 5.26 Å². The molecule has 3 heteroatoms. The van der Waals surface area contributed by atoms with Crippen molar-refractivity contribution in [2.24, 2.45) is 0 Å². The van der Waals surface area contributed by atoms with Crippen LogP contribution in [0.1, 0.15) is 46.5 Å². The summed E-state index contributed by atoms with van der Waals surface area (Å²) >= 11 is 0. The maximum atomic E-state index is 9.10. The number of nitrogens with one attached hydrogen (secondary N) is 1. The molecule has 2 atom stereocenters. The van der Waals surface area contributed by atoms with Gasteiger partial charge in [-0.15, -0.1) is 0 Å². The van der Waals surface area contributed by atoms with Crippen LogP contribution in [0.15, 0.2) is 0 Å². The number of nitrogens with zero attached hydrogens (tertiary/aromatic N) is 1. The summed E-state index contributed by atoms with van der Waals surface area (Å²) < 4.78 is 5.84. The molecule has 1 rings (SSSR count). The molecule has 0 amide bonds. The fourth-order valence-corrected chi connectivity index (χ4v) is 2.01. The molecule has 0 radical (unpaired) electrons. The van der Waals surface area contributed by atoms with E-state index >= 15 is 0 Å². The highest BCUT2D eigenvalue weighted by atomic mass is 16.5. The average molecular weight is 210 g/mol. The van der Waals surface area contributed by atoms with E-state index in [1.165, 1.54) is 19.3 Å². The number of rotatable bonds is 6. The summed E-state index contributed by atoms with van der Waals surface area (Å²) in [6.45, 7) is 6.84. The van der Waals surface area contributed by atoms with Crippen LogP contribution in [-0.2, 0) is 4.74 Å². The Morgan fingerprint density at radius 2 is 2.27 bits per heavy atom. The van der Waals surface area contributed by atoms with E-state index in [0.29, 0.717) is 6.10 Å². The van der Waals surface area contributed by atoms with Crippen LogP contribution in [0.3, 0.4) is 0 Å². The SMILES string of the molecule is CCNC(C)(C#N)CC(C)OC1CCC1. The molecule has 15 heavy (non-hydrogen) atoms. The molecule has 1 N–H and O–H groups in total. The molecule has 0 aliphatic heterocycles. The van der Waals surface area contributed by atoms with Crippen molar-refractivity contribution in [3.05, 3.63) is 0 Å². The lowest BCUT2D eigenvalue weighted by Crippen LogP contribution is -2.44. The van der Waals surface area contributed by atoms with E-state index in [2.05, 4.69) is 18.3 Å². The van der Waals surface area contributed by atoms with Crippen molar-refractivity contribution < 1.29 is 4.74 Å². The molecule has 0 aromatic carbocycles. The van der Waals surface area contributed by atoms with Gasteiger partial charge in [0.05, 0.1) is 18.3 Å². The van der Waals surface area contributed by atoms with Crippen molar-refractivity contribution >= 4 is 0 Å². The average Bonchev–Trinajstić information content (AvgIpc) is 2.12. The van der Waals surface area contributed by atoms with Gasteiger partial charge in [-0.25, -0.2) is 0 Å². The molecule has 2 unspecified atom stereocenters. The highest BCUT2D eigenvalue weighted by molar-refractivity contribution is 5.04. The van der Waals surface area contributed by atoms with Crippen molar-refractivity contribution in [3.8, 4) is 6.07 Å². The maximum Gasteiger partial charge on any atom is 0.106 e. The lowest BCUT2D eigenvalue weighted by Gasteiger charge is -2.32. The fraction of sp³-hybridized carbons (Fsp3) is 0.917. The smallest absolute Gasteiger partial charge is 0.106 e. The van der Waals surface area contributed by atoms with Gasteiger partial charge < -0.3 is 4.74 Å². The van der Waals surface area contributed by atoms with Crippen LogP contribution >= 0.6 is 0 Å². The molecule has 86 valence electrons. The van der Waals surface area contributed by atoms with Gasteiger partial charge in [-0.3, -0.25) is 5.32 Å². The molecule has 0 aromatic heterocycles. The predicted molar refractivity (Wildman–Crippen MR) is 60.5 cm³/mol. The van der Waals surface area contributed by atoms with E-state index in [1.807, 2.05) is 13.8 Å². The zero-order valence-corrected chi connectivity index (χ0v) is 10.0. The van der Waals surface area contributed by atoms with Crippen molar-refractivity contribution in [2.75, 3.05) is 6.54 Å². The van der Waals surface area contributed by atoms with Gasteiger partial charge in [-0.05, 0) is 39.7 Å². The van der Waals surface area contributed by atoms with Crippen molar-refractivity contribution in [2.45, 2.75) is 64.2 Å². The Hall–Kier alpha value is -0.590. The maximum absolute atomic E-state index is 9.10. The fourth-order valence-electron chi connectivity index (χ4n) is 2.01. The molecular formula is C12H22N2O. The van der Waals surface area contributed by atoms with E-state index in [0.717, 1.165) is 13.0 Å². The molecule has 0 saturated heterocycles. The molecule has 0 bridgehead atoms. The van der Waals surface area contributed by atoms with Crippen molar-refractivity contribution in [1.29, 1.82) is 5.26 Å². The Bertz CT molecular complexity index is 232. The molecule has 1 aliphatic rings. The first-order chi connectivity index (χ1) is 7.09. The third-order valence-corrected chi connectivity index (χ3v) is 2.99. The molecule has 1 fully saturated rings. The molecule has 1 saturated carbocycles. The summed E-state index contributed by atoms with van der Waals surface area (Å²) in [6.07, 6.45) is 5.04. The van der Waals surface area contributed by atoms with Gasteiger partial charge in [-0.1, -0.05) is 6.92 Å². The first-order valence-corrected chi connectivity index (χ1v) is 5.91. The normalized spacial score (nSPS) is 22.5. The summed E-state index contributed by atoms with van der Waals surface area (Å²) in [5, 5.41) is 12.3. The number of hydrogen-bond acceptors (Lipinski definition) is 3. The first kappa shape index (κ1) is 12.5. The minimum atomic E-state index is -0.447. The van der Waals surface area contributed by atoms with Crippen LogP contribution in [0.4, 0.5) is 0 Å². The second kappa shape index (κ2) is 5.48. The summed E-state index contributed by atoms with van der Waals surface area (Å²) in [4.78, 5) is 0. The lowest BCUT2D eigenvalue weighted by atomic mass is 9.94. The Kier molecular flexibility index (Phi) is 4.56. The number of nitriles is 1. The summed E-state index contributed by atoms with van der Waals surface area (Å²) in [5.41, 5.74) is -0.447. The van der Waals surface area contributed by atoms with Crippen LogP contribution in [0.2, 0.25) is 0 Å². The molecule has 0 aromatic rings. The van der Waals surface area contributed by atoms with Gasteiger partial charge in [0.2, 0.25) is 0 Å². The lowest BCUT2D eigenvalue weighted by molar-refractivity contribution is -0.0517. The number of ether oxygens (including phenoxy) is 1. The second-order valence-electron chi connectivity index (χ2n) is 4.68. The minimum absolute atomic E-state index is 0.166. The zero-order chi connectivity index (χ0) is 11.3. The highest BCUT2D eigenvalue weighted by Gasteiger charge is 2.28. The van der Waals surface area contributed by atoms with Crippen LogP contribution in [0.25, 0.3) is 0 Å². The Balaban J connectivity index is 2.33. The van der Waals surface area contributed by atoms with Gasteiger partial charge >= 0.3 is 0 Å². The molecule has 1 aliphatic carbocycles. The Morgan fingerprint density at radius 1 is 1.60 bits per heavy atom.